The van der Waals surface area contributed by atoms with Gasteiger partial charge < -0.3 is 11.1 Å². The van der Waals surface area contributed by atoms with E-state index in [9.17, 15) is 18.0 Å². The Morgan fingerprint density at radius 3 is 2.33 bits per heavy atom. The van der Waals surface area contributed by atoms with Gasteiger partial charge in [-0.3, -0.25) is 4.79 Å². The van der Waals surface area contributed by atoms with Gasteiger partial charge >= 0.3 is 6.18 Å². The number of alkyl halides is 3. The van der Waals surface area contributed by atoms with E-state index in [0.717, 1.165) is 32.1 Å². The molecule has 1 fully saturated rings. The maximum absolute atomic E-state index is 13.3. The molecule has 1 aromatic carbocycles. The molecule has 0 radical (unpaired) electrons. The third kappa shape index (κ3) is 5.23. The summed E-state index contributed by atoms with van der Waals surface area (Å²) in [6.45, 7) is 0.343. The summed E-state index contributed by atoms with van der Waals surface area (Å²) in [5.74, 6) is -0.555. The summed E-state index contributed by atoms with van der Waals surface area (Å²) in [7, 11) is 0. The molecule has 3 N–H and O–H groups in total. The molecule has 1 atom stereocenters. The summed E-state index contributed by atoms with van der Waals surface area (Å²) in [6, 6.07) is 6.52. The number of carbonyl (C=O) groups excluding carboxylic acids is 1. The van der Waals surface area contributed by atoms with Crippen LogP contribution in [0.2, 0.25) is 0 Å². The largest absolute Gasteiger partial charge is 0.408 e. The van der Waals surface area contributed by atoms with Crippen molar-refractivity contribution >= 4 is 5.91 Å². The van der Waals surface area contributed by atoms with Crippen LogP contribution >= 0.6 is 0 Å². The van der Waals surface area contributed by atoms with Gasteiger partial charge in [0.15, 0.2) is 0 Å². The van der Waals surface area contributed by atoms with Crippen LogP contribution in [0.5, 0.6) is 0 Å². The van der Waals surface area contributed by atoms with Gasteiger partial charge in [-0.25, -0.2) is 0 Å². The van der Waals surface area contributed by atoms with Gasteiger partial charge in [0.2, 0.25) is 5.91 Å². The van der Waals surface area contributed by atoms with Crippen molar-refractivity contribution in [3.05, 3.63) is 35.9 Å². The van der Waals surface area contributed by atoms with Crippen LogP contribution in [-0.4, -0.2) is 24.7 Å². The molecule has 1 amide bonds. The van der Waals surface area contributed by atoms with Crippen LogP contribution in [-0.2, 0) is 11.2 Å². The fraction of sp³-hybridized carbons (Fsp3) is 0.611. The highest BCUT2D eigenvalue weighted by Crippen LogP contribution is 2.38. The number of nitrogens with one attached hydrogen (secondary N) is 1. The number of hydrogen-bond donors (Lipinski definition) is 2. The van der Waals surface area contributed by atoms with Crippen molar-refractivity contribution in [2.75, 3.05) is 6.54 Å². The van der Waals surface area contributed by atoms with E-state index < -0.39 is 18.1 Å². The van der Waals surface area contributed by atoms with Gasteiger partial charge in [0, 0.05) is 12.8 Å². The van der Waals surface area contributed by atoms with Gasteiger partial charge in [-0.2, -0.15) is 13.2 Å². The Morgan fingerprint density at radius 1 is 1.17 bits per heavy atom. The lowest BCUT2D eigenvalue weighted by molar-refractivity contribution is -0.162. The smallest absolute Gasteiger partial charge is 0.344 e. The fourth-order valence-electron chi connectivity index (χ4n) is 3.44. The van der Waals surface area contributed by atoms with Crippen molar-refractivity contribution in [2.45, 2.75) is 57.2 Å². The standard InChI is InChI=1S/C18H25F3N2O/c19-18(20,21)15(11-14-7-3-1-4-8-14)23-16(24)12-17(13-22)9-5-2-6-10-17/h1,3-4,7-8,15H,2,5-6,9-13,22H2,(H,23,24). The van der Waals surface area contributed by atoms with Gasteiger partial charge in [-0.15, -0.1) is 0 Å². The van der Waals surface area contributed by atoms with E-state index in [1.807, 2.05) is 0 Å². The topological polar surface area (TPSA) is 55.1 Å². The minimum atomic E-state index is -4.48. The highest BCUT2D eigenvalue weighted by atomic mass is 19.4. The third-order valence-corrected chi connectivity index (χ3v) is 4.90. The van der Waals surface area contributed by atoms with E-state index in [2.05, 4.69) is 5.32 Å². The average Bonchev–Trinajstić information content (AvgIpc) is 2.55. The lowest BCUT2D eigenvalue weighted by Gasteiger charge is -2.36. The Balaban J connectivity index is 2.01. The van der Waals surface area contributed by atoms with Crippen molar-refractivity contribution in [3.8, 4) is 0 Å². The monoisotopic (exact) mass is 342 g/mol. The molecule has 134 valence electrons. The molecule has 24 heavy (non-hydrogen) atoms. The van der Waals surface area contributed by atoms with Crippen LogP contribution in [0.15, 0.2) is 30.3 Å². The zero-order valence-electron chi connectivity index (χ0n) is 13.7. The quantitative estimate of drug-likeness (QED) is 0.830. The molecule has 2 rings (SSSR count). The molecule has 1 aromatic rings. The zero-order valence-corrected chi connectivity index (χ0v) is 13.7. The average molecular weight is 342 g/mol. The van der Waals surface area contributed by atoms with E-state index >= 15 is 0 Å². The van der Waals surface area contributed by atoms with E-state index in [-0.39, 0.29) is 18.3 Å². The summed E-state index contributed by atoms with van der Waals surface area (Å²) in [5, 5.41) is 2.19. The number of hydrogen-bond acceptors (Lipinski definition) is 2. The molecule has 1 saturated carbocycles. The van der Waals surface area contributed by atoms with Crippen LogP contribution in [0.1, 0.15) is 44.1 Å². The Bertz CT molecular complexity index is 525. The lowest BCUT2D eigenvalue weighted by Crippen LogP contribution is -2.49. The first-order valence-electron chi connectivity index (χ1n) is 8.45. The molecule has 1 aliphatic carbocycles. The Hall–Kier alpha value is -1.56. The molecule has 0 bridgehead atoms. The van der Waals surface area contributed by atoms with E-state index in [1.165, 1.54) is 0 Å². The number of benzene rings is 1. The zero-order chi connectivity index (χ0) is 17.6. The molecule has 0 saturated heterocycles. The molecule has 1 aliphatic rings. The number of halogens is 3. The number of amides is 1. The Morgan fingerprint density at radius 2 is 1.79 bits per heavy atom. The fourth-order valence-corrected chi connectivity index (χ4v) is 3.44. The first-order chi connectivity index (χ1) is 11.3. The second-order valence-electron chi connectivity index (χ2n) is 6.79. The number of rotatable bonds is 6. The molecule has 0 heterocycles. The molecule has 1 unspecified atom stereocenters. The second-order valence-corrected chi connectivity index (χ2v) is 6.79. The van der Waals surface area contributed by atoms with Gasteiger partial charge in [0.25, 0.3) is 0 Å². The minimum absolute atomic E-state index is 0.0743. The normalized spacial score (nSPS) is 18.8. The summed E-state index contributed by atoms with van der Waals surface area (Å²) in [4.78, 5) is 12.3. The molecule has 3 nitrogen and oxygen atoms in total. The van der Waals surface area contributed by atoms with Crippen LogP contribution < -0.4 is 11.1 Å². The van der Waals surface area contributed by atoms with Crippen LogP contribution in [0, 0.1) is 5.41 Å². The van der Waals surface area contributed by atoms with Gasteiger partial charge in [0.1, 0.15) is 6.04 Å². The van der Waals surface area contributed by atoms with Crippen molar-refractivity contribution in [1.29, 1.82) is 0 Å². The highest BCUT2D eigenvalue weighted by Gasteiger charge is 2.42. The Labute approximate surface area is 140 Å². The second kappa shape index (κ2) is 8.01. The lowest BCUT2D eigenvalue weighted by atomic mass is 9.71. The van der Waals surface area contributed by atoms with Crippen molar-refractivity contribution < 1.29 is 18.0 Å². The van der Waals surface area contributed by atoms with E-state index in [4.69, 9.17) is 5.73 Å². The van der Waals surface area contributed by atoms with E-state index in [1.54, 1.807) is 30.3 Å². The molecular formula is C18H25F3N2O. The molecular weight excluding hydrogens is 317 g/mol. The number of nitrogens with two attached hydrogens (primary N) is 1. The predicted octanol–water partition coefficient (Wildman–Crippen LogP) is 3.58. The van der Waals surface area contributed by atoms with Crippen LogP contribution in [0.3, 0.4) is 0 Å². The first-order valence-corrected chi connectivity index (χ1v) is 8.45. The van der Waals surface area contributed by atoms with Gasteiger partial charge in [-0.1, -0.05) is 49.6 Å². The summed E-state index contributed by atoms with van der Waals surface area (Å²) in [5.41, 5.74) is 6.03. The molecule has 0 spiro atoms. The van der Waals surface area contributed by atoms with Gasteiger partial charge in [-0.05, 0) is 30.4 Å². The molecule has 0 aliphatic heterocycles. The molecule has 6 heteroatoms. The minimum Gasteiger partial charge on any atom is -0.344 e. The maximum Gasteiger partial charge on any atom is 0.408 e. The maximum atomic E-state index is 13.3. The number of carbonyl (C=O) groups is 1. The van der Waals surface area contributed by atoms with Crippen LogP contribution in [0.25, 0.3) is 0 Å². The van der Waals surface area contributed by atoms with E-state index in [0.29, 0.717) is 12.1 Å². The van der Waals surface area contributed by atoms with Crippen molar-refractivity contribution in [1.82, 2.24) is 5.32 Å². The first kappa shape index (κ1) is 18.8. The van der Waals surface area contributed by atoms with Crippen LogP contribution in [0.4, 0.5) is 13.2 Å². The highest BCUT2D eigenvalue weighted by molar-refractivity contribution is 5.77. The van der Waals surface area contributed by atoms with Gasteiger partial charge in [0.05, 0.1) is 0 Å². The summed E-state index contributed by atoms with van der Waals surface area (Å²) in [6.07, 6.45) is 0.0278. The summed E-state index contributed by atoms with van der Waals surface area (Å²) >= 11 is 0. The summed E-state index contributed by atoms with van der Waals surface area (Å²) < 4.78 is 39.8. The third-order valence-electron chi connectivity index (χ3n) is 4.90. The van der Waals surface area contributed by atoms with Crippen molar-refractivity contribution in [3.63, 3.8) is 0 Å². The Kier molecular flexibility index (Phi) is 6.27. The molecule has 0 aromatic heterocycles. The predicted molar refractivity (Wildman–Crippen MR) is 87.3 cm³/mol. The van der Waals surface area contributed by atoms with Crippen molar-refractivity contribution in [2.24, 2.45) is 11.1 Å². The SMILES string of the molecule is NCC1(CC(=O)NC(Cc2ccccc2)C(F)(F)F)CCCCC1.